The van der Waals surface area contributed by atoms with E-state index in [0.717, 1.165) is 18.4 Å². The molecule has 1 aliphatic carbocycles. The average molecular weight is 241 g/mol. The Kier molecular flexibility index (Phi) is 3.86. The highest BCUT2D eigenvalue weighted by molar-refractivity contribution is 6.21. The molecule has 1 aromatic rings. The molecule has 1 saturated carbocycles. The number of benzene rings is 1. The normalized spacial score (nSPS) is 26.4. The molecule has 0 saturated heterocycles. The molecular weight excluding hydrogens is 223 g/mol. The van der Waals surface area contributed by atoms with Gasteiger partial charge in [-0.3, -0.25) is 0 Å². The standard InChI is InChI=1S/C14H18ClF/c1-10-9-11(7-8-14(10)16)12-5-3-2-4-6-13(12)15/h7-9,12-13H,2-6H2,1H3. The van der Waals surface area contributed by atoms with Crippen LogP contribution in [0, 0.1) is 12.7 Å². The highest BCUT2D eigenvalue weighted by Crippen LogP contribution is 2.35. The lowest BCUT2D eigenvalue weighted by Crippen LogP contribution is -2.11. The summed E-state index contributed by atoms with van der Waals surface area (Å²) in [5.41, 5.74) is 1.94. The summed E-state index contributed by atoms with van der Waals surface area (Å²) < 4.78 is 13.2. The molecule has 1 fully saturated rings. The molecule has 0 nitrogen and oxygen atoms in total. The average Bonchev–Trinajstić information content (AvgIpc) is 2.47. The predicted molar refractivity (Wildman–Crippen MR) is 66.6 cm³/mol. The highest BCUT2D eigenvalue weighted by Gasteiger charge is 2.23. The third-order valence-electron chi connectivity index (χ3n) is 3.54. The molecular formula is C14H18ClF. The molecule has 0 spiro atoms. The van der Waals surface area contributed by atoms with Crippen molar-refractivity contribution in [3.63, 3.8) is 0 Å². The smallest absolute Gasteiger partial charge is 0.126 e. The van der Waals surface area contributed by atoms with E-state index in [9.17, 15) is 4.39 Å². The molecule has 0 amide bonds. The lowest BCUT2D eigenvalue weighted by molar-refractivity contribution is 0.589. The number of alkyl halides is 1. The second-order valence-corrected chi connectivity index (χ2v) is 5.33. The zero-order valence-electron chi connectivity index (χ0n) is 9.68. The molecule has 1 aromatic carbocycles. The van der Waals surface area contributed by atoms with Crippen molar-refractivity contribution in [1.82, 2.24) is 0 Å². The maximum atomic E-state index is 13.2. The number of halogens is 2. The minimum Gasteiger partial charge on any atom is -0.207 e. The van der Waals surface area contributed by atoms with Gasteiger partial charge in [-0.05, 0) is 37.0 Å². The van der Waals surface area contributed by atoms with Crippen LogP contribution in [0.15, 0.2) is 18.2 Å². The summed E-state index contributed by atoms with van der Waals surface area (Å²) in [7, 11) is 0. The van der Waals surface area contributed by atoms with Crippen LogP contribution in [0.4, 0.5) is 4.39 Å². The number of aryl methyl sites for hydroxylation is 1. The lowest BCUT2D eigenvalue weighted by atomic mass is 9.90. The SMILES string of the molecule is Cc1cc(C2CCCCCC2Cl)ccc1F. The van der Waals surface area contributed by atoms with Crippen LogP contribution in [0.1, 0.15) is 49.1 Å². The largest absolute Gasteiger partial charge is 0.207 e. The molecule has 1 aliphatic rings. The van der Waals surface area contributed by atoms with Crippen molar-refractivity contribution >= 4 is 11.6 Å². The Morgan fingerprint density at radius 3 is 2.69 bits per heavy atom. The van der Waals surface area contributed by atoms with Gasteiger partial charge in [-0.15, -0.1) is 11.6 Å². The number of rotatable bonds is 1. The minimum absolute atomic E-state index is 0.122. The van der Waals surface area contributed by atoms with Gasteiger partial charge in [0.1, 0.15) is 5.82 Å². The van der Waals surface area contributed by atoms with E-state index in [1.54, 1.807) is 6.07 Å². The summed E-state index contributed by atoms with van der Waals surface area (Å²) in [4.78, 5) is 0. The van der Waals surface area contributed by atoms with E-state index in [1.807, 2.05) is 19.1 Å². The fourth-order valence-electron chi connectivity index (χ4n) is 2.54. The third kappa shape index (κ3) is 2.57. The van der Waals surface area contributed by atoms with E-state index in [0.29, 0.717) is 5.92 Å². The van der Waals surface area contributed by atoms with Gasteiger partial charge in [-0.1, -0.05) is 31.4 Å². The topological polar surface area (TPSA) is 0 Å². The van der Waals surface area contributed by atoms with Gasteiger partial charge in [0.05, 0.1) is 0 Å². The van der Waals surface area contributed by atoms with E-state index in [1.165, 1.54) is 24.8 Å². The first-order chi connectivity index (χ1) is 7.68. The van der Waals surface area contributed by atoms with Gasteiger partial charge in [0.2, 0.25) is 0 Å². The summed E-state index contributed by atoms with van der Waals surface area (Å²) in [5, 5.41) is 0.215. The molecule has 2 heteroatoms. The van der Waals surface area contributed by atoms with E-state index < -0.39 is 0 Å². The van der Waals surface area contributed by atoms with Gasteiger partial charge in [0.25, 0.3) is 0 Å². The summed E-state index contributed by atoms with van der Waals surface area (Å²) >= 11 is 6.42. The fourth-order valence-corrected chi connectivity index (χ4v) is 2.96. The van der Waals surface area contributed by atoms with Crippen LogP contribution >= 0.6 is 11.6 Å². The van der Waals surface area contributed by atoms with Crippen LogP contribution in [0.2, 0.25) is 0 Å². The Morgan fingerprint density at radius 1 is 1.19 bits per heavy atom. The first kappa shape index (κ1) is 11.9. The number of hydrogen-bond acceptors (Lipinski definition) is 0. The van der Waals surface area contributed by atoms with Gasteiger partial charge in [-0.25, -0.2) is 4.39 Å². The highest BCUT2D eigenvalue weighted by atomic mass is 35.5. The Hall–Kier alpha value is -0.560. The summed E-state index contributed by atoms with van der Waals surface area (Å²) in [6.45, 7) is 1.82. The van der Waals surface area contributed by atoms with Crippen LogP contribution in [0.25, 0.3) is 0 Å². The van der Waals surface area contributed by atoms with E-state index >= 15 is 0 Å². The van der Waals surface area contributed by atoms with Gasteiger partial charge in [0, 0.05) is 11.3 Å². The van der Waals surface area contributed by atoms with Crippen molar-refractivity contribution in [2.75, 3.05) is 0 Å². The molecule has 88 valence electrons. The molecule has 2 atom stereocenters. The van der Waals surface area contributed by atoms with Crippen molar-refractivity contribution in [3.05, 3.63) is 35.1 Å². The van der Waals surface area contributed by atoms with E-state index in [4.69, 9.17) is 11.6 Å². The second-order valence-electron chi connectivity index (χ2n) is 4.77. The van der Waals surface area contributed by atoms with Gasteiger partial charge in [-0.2, -0.15) is 0 Å². The fraction of sp³-hybridized carbons (Fsp3) is 0.571. The number of hydrogen-bond donors (Lipinski definition) is 0. The summed E-state index contributed by atoms with van der Waals surface area (Å²) in [5.74, 6) is 0.284. The van der Waals surface area contributed by atoms with E-state index in [-0.39, 0.29) is 11.2 Å². The predicted octanol–water partition coefficient (Wildman–Crippen LogP) is 4.79. The third-order valence-corrected chi connectivity index (χ3v) is 4.06. The molecule has 16 heavy (non-hydrogen) atoms. The van der Waals surface area contributed by atoms with E-state index in [2.05, 4.69) is 0 Å². The van der Waals surface area contributed by atoms with Crippen molar-refractivity contribution < 1.29 is 4.39 Å². The van der Waals surface area contributed by atoms with Crippen molar-refractivity contribution in [2.24, 2.45) is 0 Å². The molecule has 0 bridgehead atoms. The minimum atomic E-state index is -0.122. The zero-order chi connectivity index (χ0) is 11.5. The van der Waals surface area contributed by atoms with Crippen LogP contribution in [-0.2, 0) is 0 Å². The molecule has 0 aliphatic heterocycles. The van der Waals surface area contributed by atoms with Crippen molar-refractivity contribution in [1.29, 1.82) is 0 Å². The summed E-state index contributed by atoms with van der Waals surface area (Å²) in [6, 6.07) is 5.42. The maximum Gasteiger partial charge on any atom is 0.126 e. The first-order valence-electron chi connectivity index (χ1n) is 6.08. The van der Waals surface area contributed by atoms with Crippen LogP contribution in [0.5, 0.6) is 0 Å². The monoisotopic (exact) mass is 240 g/mol. The quantitative estimate of drug-likeness (QED) is 0.489. The lowest BCUT2D eigenvalue weighted by Gasteiger charge is -2.20. The molecule has 0 aromatic heterocycles. The molecule has 0 heterocycles. The Balaban J connectivity index is 2.23. The van der Waals surface area contributed by atoms with Crippen LogP contribution in [-0.4, -0.2) is 5.38 Å². The first-order valence-corrected chi connectivity index (χ1v) is 6.52. The Bertz CT molecular complexity index is 362. The zero-order valence-corrected chi connectivity index (χ0v) is 10.4. The molecule has 2 rings (SSSR count). The van der Waals surface area contributed by atoms with Gasteiger partial charge < -0.3 is 0 Å². The second kappa shape index (κ2) is 5.18. The van der Waals surface area contributed by atoms with Crippen LogP contribution in [0.3, 0.4) is 0 Å². The summed E-state index contributed by atoms with van der Waals surface area (Å²) in [6.07, 6.45) is 5.97. The van der Waals surface area contributed by atoms with Gasteiger partial charge in [0.15, 0.2) is 0 Å². The Morgan fingerprint density at radius 2 is 1.94 bits per heavy atom. The van der Waals surface area contributed by atoms with Crippen LogP contribution < -0.4 is 0 Å². The molecule has 2 unspecified atom stereocenters. The van der Waals surface area contributed by atoms with Crippen molar-refractivity contribution in [2.45, 2.75) is 50.3 Å². The maximum absolute atomic E-state index is 13.2. The molecule has 0 N–H and O–H groups in total. The Labute approximate surface area is 102 Å². The van der Waals surface area contributed by atoms with Gasteiger partial charge >= 0.3 is 0 Å². The van der Waals surface area contributed by atoms with Crippen molar-refractivity contribution in [3.8, 4) is 0 Å². The molecule has 0 radical (unpaired) electrons.